The Morgan fingerprint density at radius 1 is 1.18 bits per heavy atom. The Kier molecular flexibility index (Phi) is 5.91. The van der Waals surface area contributed by atoms with Gasteiger partial charge in [0.1, 0.15) is 5.69 Å². The third-order valence-corrected chi connectivity index (χ3v) is 6.72. The average Bonchev–Trinajstić information content (AvgIpc) is 3.56. The molecule has 0 unspecified atom stereocenters. The molecule has 0 bridgehead atoms. The molecule has 1 aliphatic heterocycles. The van der Waals surface area contributed by atoms with Crippen molar-refractivity contribution in [1.82, 2.24) is 39.6 Å². The number of carbonyl (C=O) groups is 1. The van der Waals surface area contributed by atoms with Gasteiger partial charge in [-0.25, -0.2) is 4.98 Å². The molecule has 34 heavy (non-hydrogen) atoms. The average molecular weight is 462 g/mol. The molecule has 10 heteroatoms. The Balaban J connectivity index is 1.49. The molecule has 0 spiro atoms. The minimum atomic E-state index is -0.489. The fourth-order valence-corrected chi connectivity index (χ4v) is 4.68. The minimum Gasteiger partial charge on any atom is -0.366 e. The van der Waals surface area contributed by atoms with Gasteiger partial charge in [0.2, 0.25) is 5.91 Å². The van der Waals surface area contributed by atoms with Crippen molar-refractivity contribution >= 4 is 16.8 Å². The van der Waals surface area contributed by atoms with Gasteiger partial charge in [-0.3, -0.25) is 19.3 Å². The SMILES string of the molecule is CCn1nc(C)cc1-c1nc(-c2cc(C(N)=O)cc3c2cnn3CCN2CCC(C)CC2)n[nH]1. The highest BCUT2D eigenvalue weighted by molar-refractivity contribution is 6.02. The Bertz CT molecular complexity index is 1320. The zero-order valence-electron chi connectivity index (χ0n) is 20.0. The maximum absolute atomic E-state index is 12.1. The van der Waals surface area contributed by atoms with Crippen LogP contribution in [0.15, 0.2) is 24.4 Å². The molecule has 178 valence electrons. The summed E-state index contributed by atoms with van der Waals surface area (Å²) in [6.45, 7) is 10.9. The predicted molar refractivity (Wildman–Crippen MR) is 130 cm³/mol. The van der Waals surface area contributed by atoms with E-state index in [-0.39, 0.29) is 0 Å². The molecule has 3 N–H and O–H groups in total. The summed E-state index contributed by atoms with van der Waals surface area (Å²) in [5.41, 5.74) is 9.46. The highest BCUT2D eigenvalue weighted by Crippen LogP contribution is 2.30. The van der Waals surface area contributed by atoms with E-state index in [1.165, 1.54) is 12.8 Å². The van der Waals surface area contributed by atoms with Crippen LogP contribution >= 0.6 is 0 Å². The lowest BCUT2D eigenvalue weighted by atomic mass is 9.99. The molecule has 1 fully saturated rings. The van der Waals surface area contributed by atoms with Gasteiger partial charge >= 0.3 is 0 Å². The smallest absolute Gasteiger partial charge is 0.248 e. The number of benzene rings is 1. The number of aromatic nitrogens is 7. The summed E-state index contributed by atoms with van der Waals surface area (Å²) >= 11 is 0. The predicted octanol–water partition coefficient (Wildman–Crippen LogP) is 2.84. The van der Waals surface area contributed by atoms with Gasteiger partial charge in [0, 0.05) is 29.6 Å². The number of primary amides is 1. The van der Waals surface area contributed by atoms with Gasteiger partial charge in [-0.1, -0.05) is 6.92 Å². The third-order valence-electron chi connectivity index (χ3n) is 6.72. The van der Waals surface area contributed by atoms with E-state index in [9.17, 15) is 4.79 Å². The molecule has 3 aromatic heterocycles. The monoisotopic (exact) mass is 461 g/mol. The van der Waals surface area contributed by atoms with Crippen LogP contribution < -0.4 is 5.73 Å². The molecular weight excluding hydrogens is 430 g/mol. The van der Waals surface area contributed by atoms with Crippen LogP contribution in [0, 0.1) is 12.8 Å². The van der Waals surface area contributed by atoms with Crippen molar-refractivity contribution in [2.45, 2.75) is 46.7 Å². The van der Waals surface area contributed by atoms with Crippen molar-refractivity contribution < 1.29 is 4.79 Å². The first-order valence-electron chi connectivity index (χ1n) is 11.9. The standard InChI is InChI=1S/C24H31N9O/c1-4-32-21(11-16(3)30-32)24-27-23(28-29-24)18-12-17(22(25)34)13-20-19(18)14-26-33(20)10-9-31-7-5-15(2)6-8-31/h11-15H,4-10H2,1-3H3,(H2,25,34)(H,27,28,29). The zero-order valence-corrected chi connectivity index (χ0v) is 20.0. The second-order valence-corrected chi connectivity index (χ2v) is 9.21. The van der Waals surface area contributed by atoms with Crippen molar-refractivity contribution in [3.63, 3.8) is 0 Å². The number of likely N-dealkylation sites (tertiary alicyclic amines) is 1. The van der Waals surface area contributed by atoms with E-state index in [1.807, 2.05) is 41.5 Å². The number of nitrogens with zero attached hydrogens (tertiary/aromatic N) is 7. The molecule has 10 nitrogen and oxygen atoms in total. The number of aromatic amines is 1. The quantitative estimate of drug-likeness (QED) is 0.436. The van der Waals surface area contributed by atoms with Gasteiger partial charge in [0.15, 0.2) is 11.6 Å². The first-order valence-corrected chi connectivity index (χ1v) is 11.9. The molecule has 0 atom stereocenters. The van der Waals surface area contributed by atoms with E-state index in [4.69, 9.17) is 10.7 Å². The fourth-order valence-electron chi connectivity index (χ4n) is 4.68. The van der Waals surface area contributed by atoms with Crippen LogP contribution in [0.2, 0.25) is 0 Å². The lowest BCUT2D eigenvalue weighted by Crippen LogP contribution is -2.35. The molecule has 0 radical (unpaired) electrons. The number of hydrogen-bond donors (Lipinski definition) is 2. The van der Waals surface area contributed by atoms with Crippen LogP contribution in [-0.2, 0) is 13.1 Å². The molecule has 1 aromatic carbocycles. The normalized spacial score (nSPS) is 15.4. The van der Waals surface area contributed by atoms with Crippen LogP contribution in [0.1, 0.15) is 42.7 Å². The van der Waals surface area contributed by atoms with E-state index in [0.717, 1.165) is 66.5 Å². The molecule has 1 amide bonds. The number of rotatable bonds is 7. The number of nitrogens with two attached hydrogens (primary N) is 1. The van der Waals surface area contributed by atoms with E-state index >= 15 is 0 Å². The lowest BCUT2D eigenvalue weighted by Gasteiger charge is -2.30. The van der Waals surface area contributed by atoms with E-state index < -0.39 is 5.91 Å². The van der Waals surface area contributed by atoms with Crippen LogP contribution in [0.25, 0.3) is 33.8 Å². The second-order valence-electron chi connectivity index (χ2n) is 9.21. The molecule has 4 aromatic rings. The van der Waals surface area contributed by atoms with Crippen molar-refractivity contribution in [1.29, 1.82) is 0 Å². The van der Waals surface area contributed by atoms with Crippen LogP contribution in [0.4, 0.5) is 0 Å². The van der Waals surface area contributed by atoms with Crippen LogP contribution in [0.3, 0.4) is 0 Å². The van der Waals surface area contributed by atoms with Crippen LogP contribution in [-0.4, -0.2) is 65.2 Å². The number of amides is 1. The number of hydrogen-bond acceptors (Lipinski definition) is 6. The van der Waals surface area contributed by atoms with Crippen molar-refractivity contribution in [3.05, 3.63) is 35.7 Å². The number of carbonyl (C=O) groups excluding carboxylic acids is 1. The van der Waals surface area contributed by atoms with Crippen molar-refractivity contribution in [3.8, 4) is 22.9 Å². The molecule has 1 saturated heterocycles. The topological polar surface area (TPSA) is 124 Å². The van der Waals surface area contributed by atoms with Gasteiger partial charge < -0.3 is 10.6 Å². The molecular formula is C24H31N9O. The summed E-state index contributed by atoms with van der Waals surface area (Å²) in [6, 6.07) is 5.54. The molecule has 0 aliphatic carbocycles. The zero-order chi connectivity index (χ0) is 23.8. The Hall–Kier alpha value is -3.53. The van der Waals surface area contributed by atoms with Crippen molar-refractivity contribution in [2.24, 2.45) is 11.7 Å². The third kappa shape index (κ3) is 4.21. The van der Waals surface area contributed by atoms with Gasteiger partial charge in [-0.15, -0.1) is 0 Å². The second kappa shape index (κ2) is 9.02. The highest BCUT2D eigenvalue weighted by atomic mass is 16.1. The number of nitrogens with one attached hydrogen (secondary N) is 1. The first kappa shape index (κ1) is 22.3. The lowest BCUT2D eigenvalue weighted by molar-refractivity contribution is 0.100. The molecule has 0 saturated carbocycles. The maximum Gasteiger partial charge on any atom is 0.248 e. The van der Waals surface area contributed by atoms with E-state index in [2.05, 4.69) is 32.2 Å². The van der Waals surface area contributed by atoms with Gasteiger partial charge in [-0.2, -0.15) is 15.3 Å². The summed E-state index contributed by atoms with van der Waals surface area (Å²) < 4.78 is 3.83. The summed E-state index contributed by atoms with van der Waals surface area (Å²) in [6.07, 6.45) is 4.29. The van der Waals surface area contributed by atoms with Gasteiger partial charge in [0.25, 0.3) is 0 Å². The van der Waals surface area contributed by atoms with Gasteiger partial charge in [-0.05, 0) is 63.9 Å². The van der Waals surface area contributed by atoms with E-state index in [1.54, 1.807) is 6.07 Å². The Morgan fingerprint density at radius 3 is 2.71 bits per heavy atom. The summed E-state index contributed by atoms with van der Waals surface area (Å²) in [7, 11) is 0. The summed E-state index contributed by atoms with van der Waals surface area (Å²) in [5.74, 6) is 1.43. The highest BCUT2D eigenvalue weighted by Gasteiger charge is 2.20. The molecule has 5 rings (SSSR count). The fraction of sp³-hybridized carbons (Fsp3) is 0.458. The molecule has 1 aliphatic rings. The number of fused-ring (bicyclic) bond motifs is 1. The minimum absolute atomic E-state index is 0.414. The Labute approximate surface area is 198 Å². The first-order chi connectivity index (χ1) is 16.4. The van der Waals surface area contributed by atoms with Crippen molar-refractivity contribution in [2.75, 3.05) is 19.6 Å². The Morgan fingerprint density at radius 2 is 1.97 bits per heavy atom. The van der Waals surface area contributed by atoms with Gasteiger partial charge in [0.05, 0.1) is 24.0 Å². The number of piperidine rings is 1. The number of aryl methyl sites for hydroxylation is 2. The summed E-state index contributed by atoms with van der Waals surface area (Å²) in [4.78, 5) is 19.3. The maximum atomic E-state index is 12.1. The molecule has 4 heterocycles. The van der Waals surface area contributed by atoms with E-state index in [0.29, 0.717) is 17.2 Å². The summed E-state index contributed by atoms with van der Waals surface area (Å²) in [5, 5.41) is 17.5. The largest absolute Gasteiger partial charge is 0.366 e. The van der Waals surface area contributed by atoms with Crippen LogP contribution in [0.5, 0.6) is 0 Å². The number of H-pyrrole nitrogens is 1.